The van der Waals surface area contributed by atoms with Crippen molar-refractivity contribution < 1.29 is 14.1 Å². The molecule has 0 saturated heterocycles. The first-order valence-electron chi connectivity index (χ1n) is 7.57. The summed E-state index contributed by atoms with van der Waals surface area (Å²) in [6, 6.07) is 13.7. The smallest absolute Gasteiger partial charge is 0.271 e. The molecule has 0 saturated carbocycles. The fourth-order valence-electron chi connectivity index (χ4n) is 2.24. The number of hydrogen-bond donors (Lipinski definition) is 1. The van der Waals surface area contributed by atoms with Gasteiger partial charge in [-0.2, -0.15) is 5.10 Å². The number of furan rings is 1. The lowest BCUT2D eigenvalue weighted by molar-refractivity contribution is -0.384. The number of carbonyl (C=O) groups excluding carboxylic acids is 1. The summed E-state index contributed by atoms with van der Waals surface area (Å²) >= 11 is 12.0. The van der Waals surface area contributed by atoms with Crippen molar-refractivity contribution in [2.24, 2.45) is 5.10 Å². The quantitative estimate of drug-likeness (QED) is 0.371. The van der Waals surface area contributed by atoms with Crippen LogP contribution in [0.2, 0.25) is 10.0 Å². The van der Waals surface area contributed by atoms with Crippen molar-refractivity contribution in [3.63, 3.8) is 0 Å². The molecule has 0 fully saturated rings. The van der Waals surface area contributed by atoms with Gasteiger partial charge in [0, 0.05) is 28.3 Å². The second-order valence-corrected chi connectivity index (χ2v) is 6.18. The Morgan fingerprint density at radius 2 is 1.96 bits per heavy atom. The van der Waals surface area contributed by atoms with Gasteiger partial charge < -0.3 is 4.42 Å². The zero-order valence-electron chi connectivity index (χ0n) is 13.6. The van der Waals surface area contributed by atoms with E-state index in [0.29, 0.717) is 27.1 Å². The van der Waals surface area contributed by atoms with E-state index >= 15 is 0 Å². The van der Waals surface area contributed by atoms with Crippen molar-refractivity contribution in [1.82, 2.24) is 5.43 Å². The molecule has 7 nitrogen and oxygen atoms in total. The van der Waals surface area contributed by atoms with Gasteiger partial charge in [0.05, 0.1) is 16.2 Å². The van der Waals surface area contributed by atoms with Gasteiger partial charge in [-0.15, -0.1) is 0 Å². The third-order valence-electron chi connectivity index (χ3n) is 3.50. The predicted molar refractivity (Wildman–Crippen MR) is 102 cm³/mol. The zero-order chi connectivity index (χ0) is 19.4. The van der Waals surface area contributed by atoms with Gasteiger partial charge in [-0.3, -0.25) is 14.9 Å². The van der Waals surface area contributed by atoms with E-state index < -0.39 is 10.8 Å². The van der Waals surface area contributed by atoms with E-state index in [9.17, 15) is 14.9 Å². The van der Waals surface area contributed by atoms with Crippen LogP contribution in [0.3, 0.4) is 0 Å². The summed E-state index contributed by atoms with van der Waals surface area (Å²) in [4.78, 5) is 22.2. The minimum Gasteiger partial charge on any atom is -0.455 e. The molecule has 0 aliphatic heterocycles. The molecular formula is C18H11Cl2N3O4. The number of carbonyl (C=O) groups is 1. The number of halogens is 2. The van der Waals surface area contributed by atoms with E-state index in [4.69, 9.17) is 27.6 Å². The van der Waals surface area contributed by atoms with Gasteiger partial charge in [0.25, 0.3) is 11.6 Å². The van der Waals surface area contributed by atoms with E-state index in [1.807, 2.05) is 0 Å². The Hall–Kier alpha value is -3.16. The summed E-state index contributed by atoms with van der Waals surface area (Å²) in [5.41, 5.74) is 2.90. The van der Waals surface area contributed by atoms with Gasteiger partial charge in [0.2, 0.25) is 0 Å². The van der Waals surface area contributed by atoms with Crippen molar-refractivity contribution in [2.45, 2.75) is 0 Å². The fourth-order valence-corrected chi connectivity index (χ4v) is 2.74. The molecule has 0 bridgehead atoms. The first-order valence-corrected chi connectivity index (χ1v) is 8.33. The van der Waals surface area contributed by atoms with Crippen LogP contribution in [-0.2, 0) is 0 Å². The first kappa shape index (κ1) is 18.6. The summed E-state index contributed by atoms with van der Waals surface area (Å²) in [7, 11) is 0. The molecule has 0 spiro atoms. The maximum Gasteiger partial charge on any atom is 0.271 e. The molecule has 3 aromatic rings. The van der Waals surface area contributed by atoms with Crippen molar-refractivity contribution in [3.8, 4) is 11.3 Å². The second-order valence-electron chi connectivity index (χ2n) is 5.33. The third kappa shape index (κ3) is 4.52. The zero-order valence-corrected chi connectivity index (χ0v) is 15.1. The number of nitro groups is 1. The number of non-ortho nitro benzene ring substituents is 1. The lowest BCUT2D eigenvalue weighted by Gasteiger charge is -2.01. The van der Waals surface area contributed by atoms with Crippen molar-refractivity contribution in [1.29, 1.82) is 0 Å². The van der Waals surface area contributed by atoms with Crippen molar-refractivity contribution in [2.75, 3.05) is 0 Å². The molecule has 27 heavy (non-hydrogen) atoms. The Morgan fingerprint density at radius 3 is 2.70 bits per heavy atom. The Labute approximate surface area is 163 Å². The average Bonchev–Trinajstić information content (AvgIpc) is 3.10. The van der Waals surface area contributed by atoms with Crippen molar-refractivity contribution in [3.05, 3.63) is 86.1 Å². The topological polar surface area (TPSA) is 97.7 Å². The molecule has 0 aliphatic carbocycles. The van der Waals surface area contributed by atoms with Gasteiger partial charge >= 0.3 is 0 Å². The fraction of sp³-hybridized carbons (Fsp3) is 0. The predicted octanol–water partition coefficient (Wildman–Crippen LogP) is 4.93. The highest BCUT2D eigenvalue weighted by molar-refractivity contribution is 6.36. The monoisotopic (exact) mass is 403 g/mol. The summed E-state index contributed by atoms with van der Waals surface area (Å²) in [5, 5.41) is 15.5. The highest BCUT2D eigenvalue weighted by Gasteiger charge is 2.11. The molecule has 0 radical (unpaired) electrons. The molecule has 0 aliphatic rings. The van der Waals surface area contributed by atoms with E-state index in [1.54, 1.807) is 30.3 Å². The summed E-state index contributed by atoms with van der Waals surface area (Å²) < 4.78 is 5.61. The van der Waals surface area contributed by atoms with E-state index in [2.05, 4.69) is 10.5 Å². The van der Waals surface area contributed by atoms with Crippen LogP contribution in [0, 0.1) is 10.1 Å². The molecule has 2 aromatic carbocycles. The largest absolute Gasteiger partial charge is 0.455 e. The number of benzene rings is 2. The van der Waals surface area contributed by atoms with Gasteiger partial charge in [0.1, 0.15) is 11.5 Å². The highest BCUT2D eigenvalue weighted by Crippen LogP contribution is 2.31. The van der Waals surface area contributed by atoms with E-state index in [-0.39, 0.29) is 11.3 Å². The third-order valence-corrected chi connectivity index (χ3v) is 4.05. The molecule has 1 heterocycles. The standard InChI is InChI=1S/C18H11Cl2N3O4/c19-12-4-6-15(16(20)9-12)17-7-5-14(27-17)10-21-22-18(24)11-2-1-3-13(8-11)23(25)26/h1-10H,(H,22,24). The summed E-state index contributed by atoms with van der Waals surface area (Å²) in [6.45, 7) is 0. The highest BCUT2D eigenvalue weighted by atomic mass is 35.5. The Morgan fingerprint density at radius 1 is 1.15 bits per heavy atom. The van der Waals surface area contributed by atoms with Crippen LogP contribution < -0.4 is 5.43 Å². The van der Waals surface area contributed by atoms with E-state index in [0.717, 1.165) is 0 Å². The average molecular weight is 404 g/mol. The van der Waals surface area contributed by atoms with Crippen LogP contribution in [0.5, 0.6) is 0 Å². The summed E-state index contributed by atoms with van der Waals surface area (Å²) in [5.74, 6) is 0.320. The van der Waals surface area contributed by atoms with Crippen LogP contribution in [0.1, 0.15) is 16.1 Å². The minimum atomic E-state index is -0.581. The van der Waals surface area contributed by atoms with Crippen LogP contribution in [0.15, 0.2) is 64.1 Å². The first-order chi connectivity index (χ1) is 12.9. The molecule has 1 amide bonds. The van der Waals surface area contributed by atoms with Crippen LogP contribution >= 0.6 is 23.2 Å². The number of nitrogens with zero attached hydrogens (tertiary/aromatic N) is 2. The molecule has 9 heteroatoms. The molecule has 136 valence electrons. The molecule has 0 unspecified atom stereocenters. The Bertz CT molecular complexity index is 1050. The Kier molecular flexibility index (Phi) is 5.54. The SMILES string of the molecule is O=C(NN=Cc1ccc(-c2ccc(Cl)cc2Cl)o1)c1cccc([N+](=O)[O-])c1. The molecular weight excluding hydrogens is 393 g/mol. The van der Waals surface area contributed by atoms with Gasteiger partial charge in [-0.25, -0.2) is 5.43 Å². The van der Waals surface area contributed by atoms with Crippen LogP contribution in [0.4, 0.5) is 5.69 Å². The van der Waals surface area contributed by atoms with E-state index in [1.165, 1.54) is 30.5 Å². The normalized spacial score (nSPS) is 10.9. The number of hydrazone groups is 1. The molecule has 1 N–H and O–H groups in total. The number of rotatable bonds is 5. The number of amides is 1. The van der Waals surface area contributed by atoms with Gasteiger partial charge in [0.15, 0.2) is 0 Å². The summed E-state index contributed by atoms with van der Waals surface area (Å²) in [6.07, 6.45) is 1.31. The maximum absolute atomic E-state index is 12.0. The molecule has 3 rings (SSSR count). The lowest BCUT2D eigenvalue weighted by Crippen LogP contribution is -2.17. The number of hydrogen-bond acceptors (Lipinski definition) is 5. The molecule has 1 aromatic heterocycles. The number of nitro benzene ring substituents is 1. The number of nitrogens with one attached hydrogen (secondary N) is 1. The van der Waals surface area contributed by atoms with Gasteiger partial charge in [-0.1, -0.05) is 29.3 Å². The lowest BCUT2D eigenvalue weighted by atomic mass is 10.2. The van der Waals surface area contributed by atoms with Crippen LogP contribution in [0.25, 0.3) is 11.3 Å². The maximum atomic E-state index is 12.0. The Balaban J connectivity index is 1.68. The molecule has 0 atom stereocenters. The van der Waals surface area contributed by atoms with Crippen LogP contribution in [-0.4, -0.2) is 17.0 Å². The van der Waals surface area contributed by atoms with Crippen molar-refractivity contribution >= 4 is 41.0 Å². The minimum absolute atomic E-state index is 0.120. The van der Waals surface area contributed by atoms with Gasteiger partial charge in [-0.05, 0) is 36.4 Å². The second kappa shape index (κ2) is 8.03.